The Hall–Kier alpha value is -2.04. The van der Waals surface area contributed by atoms with Gasteiger partial charge in [-0.2, -0.15) is 0 Å². The average molecular weight is 291 g/mol. The molecule has 114 valence electrons. The minimum absolute atomic E-state index is 0.227. The van der Waals surface area contributed by atoms with Crippen molar-refractivity contribution in [1.29, 1.82) is 0 Å². The van der Waals surface area contributed by atoms with Gasteiger partial charge in [0.25, 0.3) is 5.91 Å². The zero-order valence-corrected chi connectivity index (χ0v) is 12.4. The van der Waals surface area contributed by atoms with E-state index < -0.39 is 12.0 Å². The molecule has 0 aliphatic carbocycles. The lowest BCUT2D eigenvalue weighted by Crippen LogP contribution is -2.40. The lowest BCUT2D eigenvalue weighted by Gasteiger charge is -2.21. The second-order valence-corrected chi connectivity index (χ2v) is 5.72. The molecule has 1 N–H and O–H groups in total. The van der Waals surface area contributed by atoms with Crippen LogP contribution < -0.4 is 4.74 Å². The van der Waals surface area contributed by atoms with E-state index in [2.05, 4.69) is 13.8 Å². The van der Waals surface area contributed by atoms with E-state index in [9.17, 15) is 9.59 Å². The molecule has 1 aliphatic heterocycles. The maximum atomic E-state index is 12.4. The van der Waals surface area contributed by atoms with Crippen LogP contribution in [0.4, 0.5) is 0 Å². The first-order chi connectivity index (χ1) is 9.99. The molecule has 1 aliphatic rings. The highest BCUT2D eigenvalue weighted by Crippen LogP contribution is 2.21. The van der Waals surface area contributed by atoms with E-state index in [0.717, 1.165) is 12.2 Å². The monoisotopic (exact) mass is 291 g/mol. The molecular formula is C16H21NO4. The third-order valence-corrected chi connectivity index (χ3v) is 3.48. The Morgan fingerprint density at radius 2 is 2.00 bits per heavy atom. The van der Waals surface area contributed by atoms with Crippen LogP contribution in [0.25, 0.3) is 0 Å². The van der Waals surface area contributed by atoms with Crippen molar-refractivity contribution in [1.82, 2.24) is 4.90 Å². The maximum Gasteiger partial charge on any atom is 0.326 e. The van der Waals surface area contributed by atoms with E-state index in [0.29, 0.717) is 31.1 Å². The van der Waals surface area contributed by atoms with Gasteiger partial charge >= 0.3 is 5.97 Å². The highest BCUT2D eigenvalue weighted by molar-refractivity contribution is 5.97. The first-order valence-corrected chi connectivity index (χ1v) is 7.25. The molecule has 2 rings (SSSR count). The van der Waals surface area contributed by atoms with E-state index >= 15 is 0 Å². The minimum atomic E-state index is -0.933. The third kappa shape index (κ3) is 3.74. The molecule has 1 aromatic rings. The van der Waals surface area contributed by atoms with Crippen molar-refractivity contribution in [3.63, 3.8) is 0 Å². The number of aliphatic carboxylic acids is 1. The van der Waals surface area contributed by atoms with Crippen molar-refractivity contribution in [2.24, 2.45) is 5.92 Å². The normalized spacial score (nSPS) is 18.0. The number of carboxylic acid groups (broad SMARTS) is 1. The molecule has 5 nitrogen and oxygen atoms in total. The summed E-state index contributed by atoms with van der Waals surface area (Å²) >= 11 is 0. The zero-order valence-electron chi connectivity index (χ0n) is 12.4. The SMILES string of the molecule is CC(C)COc1ccc(C(=O)N2CCC[C@H]2C(=O)O)cc1. The highest BCUT2D eigenvalue weighted by Gasteiger charge is 2.34. The molecule has 1 saturated heterocycles. The van der Waals surface area contributed by atoms with E-state index in [4.69, 9.17) is 9.84 Å². The second kappa shape index (κ2) is 6.61. The zero-order chi connectivity index (χ0) is 15.4. The predicted molar refractivity (Wildman–Crippen MR) is 78.5 cm³/mol. The van der Waals surface area contributed by atoms with Gasteiger partial charge in [-0.05, 0) is 43.0 Å². The number of benzene rings is 1. The quantitative estimate of drug-likeness (QED) is 0.904. The van der Waals surface area contributed by atoms with Gasteiger partial charge in [-0.25, -0.2) is 4.79 Å². The van der Waals surface area contributed by atoms with Crippen LogP contribution in [0.5, 0.6) is 5.75 Å². The first-order valence-electron chi connectivity index (χ1n) is 7.25. The van der Waals surface area contributed by atoms with Crippen LogP contribution in [0.3, 0.4) is 0 Å². The van der Waals surface area contributed by atoms with Gasteiger partial charge in [0.15, 0.2) is 0 Å². The lowest BCUT2D eigenvalue weighted by atomic mass is 10.1. The van der Waals surface area contributed by atoms with Gasteiger partial charge in [-0.15, -0.1) is 0 Å². The van der Waals surface area contributed by atoms with E-state index in [1.807, 2.05) is 0 Å². The van der Waals surface area contributed by atoms with E-state index in [-0.39, 0.29) is 5.91 Å². The smallest absolute Gasteiger partial charge is 0.326 e. The fourth-order valence-electron chi connectivity index (χ4n) is 2.39. The predicted octanol–water partition coefficient (Wildman–Crippen LogP) is 2.41. The summed E-state index contributed by atoms with van der Waals surface area (Å²) in [7, 11) is 0. The van der Waals surface area contributed by atoms with Gasteiger partial charge in [-0.3, -0.25) is 4.79 Å². The average Bonchev–Trinajstić information content (AvgIpc) is 2.94. The Labute approximate surface area is 124 Å². The lowest BCUT2D eigenvalue weighted by molar-refractivity contribution is -0.141. The van der Waals surface area contributed by atoms with Crippen LogP contribution in [0.2, 0.25) is 0 Å². The molecule has 1 amide bonds. The number of likely N-dealkylation sites (tertiary alicyclic amines) is 1. The Morgan fingerprint density at radius 3 is 2.57 bits per heavy atom. The Morgan fingerprint density at radius 1 is 1.33 bits per heavy atom. The summed E-state index contributed by atoms with van der Waals surface area (Å²) in [5.74, 6) is -0.00302. The number of rotatable bonds is 5. The number of hydrogen-bond acceptors (Lipinski definition) is 3. The fourth-order valence-corrected chi connectivity index (χ4v) is 2.39. The van der Waals surface area contributed by atoms with Crippen molar-refractivity contribution < 1.29 is 19.4 Å². The number of amides is 1. The summed E-state index contributed by atoms with van der Waals surface area (Å²) in [6.45, 7) is 5.26. The number of hydrogen-bond donors (Lipinski definition) is 1. The summed E-state index contributed by atoms with van der Waals surface area (Å²) in [6.07, 6.45) is 1.26. The van der Waals surface area contributed by atoms with Crippen LogP contribution in [0.1, 0.15) is 37.0 Å². The van der Waals surface area contributed by atoms with Gasteiger partial charge in [-0.1, -0.05) is 13.8 Å². The van der Waals surface area contributed by atoms with Crippen molar-refractivity contribution in [3.05, 3.63) is 29.8 Å². The molecule has 1 fully saturated rings. The molecular weight excluding hydrogens is 270 g/mol. The molecule has 0 bridgehead atoms. The minimum Gasteiger partial charge on any atom is -0.493 e. The molecule has 1 heterocycles. The topological polar surface area (TPSA) is 66.8 Å². The van der Waals surface area contributed by atoms with Crippen LogP contribution >= 0.6 is 0 Å². The molecule has 21 heavy (non-hydrogen) atoms. The van der Waals surface area contributed by atoms with Crippen molar-refractivity contribution in [2.45, 2.75) is 32.7 Å². The number of carbonyl (C=O) groups excluding carboxylic acids is 1. The Balaban J connectivity index is 2.04. The molecule has 0 unspecified atom stereocenters. The van der Waals surface area contributed by atoms with Crippen molar-refractivity contribution >= 4 is 11.9 Å². The van der Waals surface area contributed by atoms with Crippen molar-refractivity contribution in [3.8, 4) is 5.75 Å². The second-order valence-electron chi connectivity index (χ2n) is 5.72. The number of carbonyl (C=O) groups is 2. The molecule has 1 aromatic carbocycles. The van der Waals surface area contributed by atoms with Gasteiger partial charge in [0.05, 0.1) is 6.61 Å². The van der Waals surface area contributed by atoms with Gasteiger partial charge in [0.1, 0.15) is 11.8 Å². The molecule has 0 radical (unpaired) electrons. The van der Waals surface area contributed by atoms with Crippen LogP contribution in [0, 0.1) is 5.92 Å². The summed E-state index contributed by atoms with van der Waals surface area (Å²) in [5.41, 5.74) is 0.500. The van der Waals surface area contributed by atoms with Gasteiger partial charge in [0.2, 0.25) is 0 Å². The van der Waals surface area contributed by atoms with Crippen LogP contribution in [-0.4, -0.2) is 41.1 Å². The van der Waals surface area contributed by atoms with Crippen molar-refractivity contribution in [2.75, 3.05) is 13.2 Å². The first kappa shape index (κ1) is 15.4. The molecule has 1 atom stereocenters. The van der Waals surface area contributed by atoms with Crippen LogP contribution in [-0.2, 0) is 4.79 Å². The molecule has 0 saturated carbocycles. The highest BCUT2D eigenvalue weighted by atomic mass is 16.5. The van der Waals surface area contributed by atoms with Crippen LogP contribution in [0.15, 0.2) is 24.3 Å². The Kier molecular flexibility index (Phi) is 4.83. The largest absolute Gasteiger partial charge is 0.493 e. The molecule has 0 aromatic heterocycles. The summed E-state index contributed by atoms with van der Waals surface area (Å²) in [5, 5.41) is 9.13. The number of nitrogens with zero attached hydrogens (tertiary/aromatic N) is 1. The Bertz CT molecular complexity index is 510. The van der Waals surface area contributed by atoms with Gasteiger partial charge in [0, 0.05) is 12.1 Å². The van der Waals surface area contributed by atoms with Gasteiger partial charge < -0.3 is 14.7 Å². The number of ether oxygens (including phenoxy) is 1. The summed E-state index contributed by atoms with van der Waals surface area (Å²) in [6, 6.07) is 6.18. The number of carboxylic acids is 1. The van der Waals surface area contributed by atoms with E-state index in [1.54, 1.807) is 24.3 Å². The fraction of sp³-hybridized carbons (Fsp3) is 0.500. The summed E-state index contributed by atoms with van der Waals surface area (Å²) < 4.78 is 5.57. The van der Waals surface area contributed by atoms with E-state index in [1.165, 1.54) is 4.90 Å². The third-order valence-electron chi connectivity index (χ3n) is 3.48. The molecule has 0 spiro atoms. The summed E-state index contributed by atoms with van der Waals surface area (Å²) in [4.78, 5) is 24.9. The molecule has 5 heteroatoms. The standard InChI is InChI=1S/C16H21NO4/c1-11(2)10-21-13-7-5-12(6-8-13)15(18)17-9-3-4-14(17)16(19)20/h5-8,11,14H,3-4,9-10H2,1-2H3,(H,19,20)/t14-/m0/s1. The maximum absolute atomic E-state index is 12.4.